The number of hydrogen-bond acceptors (Lipinski definition) is 4. The lowest BCUT2D eigenvalue weighted by Gasteiger charge is -2.37. The molecule has 3 aromatic rings. The van der Waals surface area contributed by atoms with Crippen molar-refractivity contribution in [2.24, 2.45) is 0 Å². The van der Waals surface area contributed by atoms with E-state index in [1.807, 2.05) is 56.3 Å². The highest BCUT2D eigenvalue weighted by atomic mass is 32.1. The quantitative estimate of drug-likeness (QED) is 0.720. The Morgan fingerprint density at radius 2 is 1.67 bits per heavy atom. The van der Waals surface area contributed by atoms with Crippen LogP contribution in [-0.2, 0) is 4.65 Å². The number of hydrogen-bond donors (Lipinski definition) is 1. The third kappa shape index (κ3) is 3.53. The van der Waals surface area contributed by atoms with E-state index in [2.05, 4.69) is 11.1 Å². The van der Waals surface area contributed by atoms with Crippen LogP contribution in [0.4, 0.5) is 0 Å². The standard InChI is InChI=1S/C19H21BNO2S/c1-18(2,22)19(3,4)23-20-14-11-9-13(10-12-14)17-21-15-7-5-6-8-16(15)24-17/h5-12,22H,1-4H3. The van der Waals surface area contributed by atoms with Gasteiger partial charge in [0.2, 0.25) is 0 Å². The molecular weight excluding hydrogens is 317 g/mol. The summed E-state index contributed by atoms with van der Waals surface area (Å²) in [5.74, 6) is 0. The zero-order chi connectivity index (χ0) is 17.4. The molecule has 1 aromatic heterocycles. The van der Waals surface area contributed by atoms with Crippen LogP contribution in [0.2, 0.25) is 0 Å². The Morgan fingerprint density at radius 3 is 2.29 bits per heavy atom. The van der Waals surface area contributed by atoms with E-state index in [9.17, 15) is 5.11 Å². The molecule has 3 nitrogen and oxygen atoms in total. The number of fused-ring (bicyclic) bond motifs is 1. The molecule has 0 aliphatic heterocycles. The Balaban J connectivity index is 1.74. The van der Waals surface area contributed by atoms with Gasteiger partial charge in [-0.3, -0.25) is 0 Å². The molecule has 1 radical (unpaired) electrons. The highest BCUT2D eigenvalue weighted by molar-refractivity contribution is 7.21. The summed E-state index contributed by atoms with van der Waals surface area (Å²) < 4.78 is 6.98. The normalized spacial score (nSPS) is 12.5. The van der Waals surface area contributed by atoms with E-state index >= 15 is 0 Å². The molecular formula is C19H21BNO2S. The predicted molar refractivity (Wildman–Crippen MR) is 102 cm³/mol. The van der Waals surface area contributed by atoms with Gasteiger partial charge in [0.1, 0.15) is 5.01 Å². The maximum Gasteiger partial charge on any atom is 0.330 e. The third-order valence-corrected chi connectivity index (χ3v) is 5.50. The van der Waals surface area contributed by atoms with Crippen molar-refractivity contribution in [1.29, 1.82) is 0 Å². The van der Waals surface area contributed by atoms with Crippen molar-refractivity contribution in [1.82, 2.24) is 4.98 Å². The van der Waals surface area contributed by atoms with Crippen molar-refractivity contribution in [2.75, 3.05) is 0 Å². The topological polar surface area (TPSA) is 42.4 Å². The lowest BCUT2D eigenvalue weighted by molar-refractivity contribution is -0.0893. The van der Waals surface area contributed by atoms with Gasteiger partial charge in [0.25, 0.3) is 0 Å². The van der Waals surface area contributed by atoms with Crippen LogP contribution < -0.4 is 5.46 Å². The fourth-order valence-electron chi connectivity index (χ4n) is 2.06. The molecule has 0 saturated heterocycles. The van der Waals surface area contributed by atoms with E-state index in [-0.39, 0.29) is 0 Å². The number of nitrogens with zero attached hydrogens (tertiary/aromatic N) is 1. The fraction of sp³-hybridized carbons (Fsp3) is 0.316. The molecule has 0 aliphatic carbocycles. The summed E-state index contributed by atoms with van der Waals surface area (Å²) in [5, 5.41) is 11.1. The molecule has 0 fully saturated rings. The third-order valence-electron chi connectivity index (χ3n) is 4.41. The van der Waals surface area contributed by atoms with E-state index < -0.39 is 11.2 Å². The zero-order valence-electron chi connectivity index (χ0n) is 14.4. The maximum absolute atomic E-state index is 10.1. The van der Waals surface area contributed by atoms with Crippen molar-refractivity contribution in [3.05, 3.63) is 48.5 Å². The molecule has 0 spiro atoms. The van der Waals surface area contributed by atoms with E-state index in [1.54, 1.807) is 32.7 Å². The molecule has 24 heavy (non-hydrogen) atoms. The van der Waals surface area contributed by atoms with E-state index in [1.165, 1.54) is 4.70 Å². The van der Waals surface area contributed by atoms with Gasteiger partial charge in [0.05, 0.1) is 21.4 Å². The van der Waals surface area contributed by atoms with Crippen LogP contribution in [-0.4, -0.2) is 28.8 Å². The summed E-state index contributed by atoms with van der Waals surface area (Å²) >= 11 is 1.69. The summed E-state index contributed by atoms with van der Waals surface area (Å²) in [6.45, 7) is 7.24. The van der Waals surface area contributed by atoms with Crippen LogP contribution in [0.1, 0.15) is 27.7 Å². The van der Waals surface area contributed by atoms with Crippen molar-refractivity contribution < 1.29 is 9.76 Å². The first-order valence-corrected chi connectivity index (χ1v) is 8.77. The first kappa shape index (κ1) is 17.1. The van der Waals surface area contributed by atoms with Crippen LogP contribution in [0.15, 0.2) is 48.5 Å². The summed E-state index contributed by atoms with van der Waals surface area (Å²) in [6.07, 6.45) is 0. The number of thiazole rings is 1. The molecule has 5 heteroatoms. The highest BCUT2D eigenvalue weighted by Gasteiger charge is 2.35. The van der Waals surface area contributed by atoms with Gasteiger partial charge in [-0.25, -0.2) is 4.98 Å². The number of aromatic nitrogens is 1. The summed E-state index contributed by atoms with van der Waals surface area (Å²) in [4.78, 5) is 4.67. The minimum atomic E-state index is -0.926. The average molecular weight is 338 g/mol. The second-order valence-corrected chi connectivity index (χ2v) is 7.94. The second kappa shape index (κ2) is 6.32. The molecule has 0 amide bonds. The maximum atomic E-state index is 10.1. The first-order chi connectivity index (χ1) is 11.3. The molecule has 0 unspecified atom stereocenters. The largest absolute Gasteiger partial charge is 0.427 e. The Hall–Kier alpha value is -1.69. The number of benzene rings is 2. The smallest absolute Gasteiger partial charge is 0.330 e. The lowest BCUT2D eigenvalue weighted by Crippen LogP contribution is -2.49. The Labute approximate surface area is 147 Å². The number of aliphatic hydroxyl groups is 1. The van der Waals surface area contributed by atoms with Gasteiger partial charge in [0, 0.05) is 5.56 Å². The molecule has 1 N–H and O–H groups in total. The van der Waals surface area contributed by atoms with Gasteiger partial charge in [-0.2, -0.15) is 0 Å². The van der Waals surface area contributed by atoms with Gasteiger partial charge in [-0.15, -0.1) is 11.3 Å². The molecule has 0 bridgehead atoms. The molecule has 0 saturated carbocycles. The number of para-hydroxylation sites is 1. The van der Waals surface area contributed by atoms with Gasteiger partial charge >= 0.3 is 7.48 Å². The predicted octanol–water partition coefficient (Wildman–Crippen LogP) is 3.77. The van der Waals surface area contributed by atoms with E-state index in [4.69, 9.17) is 4.65 Å². The molecule has 2 aromatic carbocycles. The van der Waals surface area contributed by atoms with E-state index in [0.717, 1.165) is 21.6 Å². The molecule has 1 heterocycles. The van der Waals surface area contributed by atoms with Crippen molar-refractivity contribution in [3.8, 4) is 10.6 Å². The minimum absolute atomic E-state index is 0.668. The lowest BCUT2D eigenvalue weighted by atomic mass is 9.82. The molecule has 0 aliphatic rings. The highest BCUT2D eigenvalue weighted by Crippen LogP contribution is 2.29. The first-order valence-electron chi connectivity index (χ1n) is 7.96. The zero-order valence-corrected chi connectivity index (χ0v) is 15.2. The van der Waals surface area contributed by atoms with E-state index in [0.29, 0.717) is 0 Å². The van der Waals surface area contributed by atoms with Crippen LogP contribution in [0.3, 0.4) is 0 Å². The second-order valence-electron chi connectivity index (χ2n) is 6.91. The summed E-state index contributed by atoms with van der Waals surface area (Å²) in [6, 6.07) is 16.3. The van der Waals surface area contributed by atoms with Crippen LogP contribution in [0.5, 0.6) is 0 Å². The Kier molecular flexibility index (Phi) is 4.51. The molecule has 123 valence electrons. The fourth-order valence-corrected chi connectivity index (χ4v) is 3.03. The van der Waals surface area contributed by atoms with Crippen LogP contribution >= 0.6 is 11.3 Å². The van der Waals surface area contributed by atoms with Crippen molar-refractivity contribution in [2.45, 2.75) is 38.9 Å². The Morgan fingerprint density at radius 1 is 1.00 bits per heavy atom. The Bertz CT molecular complexity index is 801. The van der Waals surface area contributed by atoms with Gasteiger partial charge in [-0.05, 0) is 39.8 Å². The minimum Gasteiger partial charge on any atom is -0.427 e. The van der Waals surface area contributed by atoms with Crippen molar-refractivity contribution in [3.63, 3.8) is 0 Å². The van der Waals surface area contributed by atoms with Gasteiger partial charge < -0.3 is 9.76 Å². The molecule has 0 atom stereocenters. The monoisotopic (exact) mass is 338 g/mol. The van der Waals surface area contributed by atoms with Gasteiger partial charge in [0.15, 0.2) is 0 Å². The van der Waals surface area contributed by atoms with Gasteiger partial charge in [-0.1, -0.05) is 41.9 Å². The number of rotatable bonds is 5. The summed E-state index contributed by atoms with van der Waals surface area (Å²) in [5.41, 5.74) is 1.49. The van der Waals surface area contributed by atoms with Crippen LogP contribution in [0.25, 0.3) is 20.8 Å². The molecule has 3 rings (SSSR count). The summed E-state index contributed by atoms with van der Waals surface area (Å²) in [7, 11) is 1.69. The van der Waals surface area contributed by atoms with Crippen LogP contribution in [0, 0.1) is 0 Å². The average Bonchev–Trinajstić information content (AvgIpc) is 2.96. The van der Waals surface area contributed by atoms with Crippen molar-refractivity contribution >= 4 is 34.5 Å². The SMILES string of the molecule is CC(C)(O)C(C)(C)O[B]c1ccc(-c2nc3ccccc3s2)cc1.